The summed E-state index contributed by atoms with van der Waals surface area (Å²) in [5.41, 5.74) is 0.549. The predicted octanol–water partition coefficient (Wildman–Crippen LogP) is 0.668. The van der Waals surface area contributed by atoms with Gasteiger partial charge in [0.15, 0.2) is 0 Å². The Labute approximate surface area is 93.4 Å². The van der Waals surface area contributed by atoms with E-state index in [0.29, 0.717) is 18.2 Å². The molecule has 0 aliphatic heterocycles. The first-order chi connectivity index (χ1) is 7.65. The topological polar surface area (TPSA) is 95.3 Å². The minimum atomic E-state index is -1.02. The number of rotatable bonds is 6. The molecule has 0 aromatic carbocycles. The monoisotopic (exact) mass is 225 g/mol. The van der Waals surface area contributed by atoms with Crippen LogP contribution >= 0.6 is 0 Å². The van der Waals surface area contributed by atoms with Crippen LogP contribution in [0.3, 0.4) is 0 Å². The highest BCUT2D eigenvalue weighted by Gasteiger charge is 2.09. The number of aromatic carboxylic acids is 1. The fraction of sp³-hybridized carbons (Fsp3) is 0.500. The van der Waals surface area contributed by atoms with Crippen molar-refractivity contribution in [2.45, 2.75) is 19.8 Å². The van der Waals surface area contributed by atoms with E-state index in [0.717, 1.165) is 12.8 Å². The van der Waals surface area contributed by atoms with Gasteiger partial charge in [0.2, 0.25) is 5.95 Å². The molecule has 0 unspecified atom stereocenters. The van der Waals surface area contributed by atoms with Gasteiger partial charge in [0.05, 0.1) is 11.3 Å². The van der Waals surface area contributed by atoms with Crippen molar-refractivity contribution >= 4 is 11.9 Å². The highest BCUT2D eigenvalue weighted by atomic mass is 16.4. The first kappa shape index (κ1) is 12.4. The van der Waals surface area contributed by atoms with Gasteiger partial charge in [-0.2, -0.15) is 0 Å². The summed E-state index contributed by atoms with van der Waals surface area (Å²) in [5, 5.41) is 20.3. The van der Waals surface area contributed by atoms with Crippen LogP contribution in [0.1, 0.15) is 28.9 Å². The number of aliphatic hydroxyl groups excluding tert-OH is 1. The van der Waals surface area contributed by atoms with Gasteiger partial charge in [-0.3, -0.25) is 0 Å². The standard InChI is InChI=1S/C10H15N3O3/c1-7-8(9(15)16)6-12-10(13-7)11-4-2-3-5-14/h6,14H,2-5H2,1H3,(H,15,16)(H,11,12,13). The van der Waals surface area contributed by atoms with Crippen LogP contribution in [-0.4, -0.2) is 39.3 Å². The highest BCUT2D eigenvalue weighted by molar-refractivity contribution is 5.88. The van der Waals surface area contributed by atoms with Crippen molar-refractivity contribution < 1.29 is 15.0 Å². The fourth-order valence-electron chi connectivity index (χ4n) is 1.20. The lowest BCUT2D eigenvalue weighted by Gasteiger charge is -2.05. The van der Waals surface area contributed by atoms with E-state index in [2.05, 4.69) is 15.3 Å². The van der Waals surface area contributed by atoms with Gasteiger partial charge in [-0.15, -0.1) is 0 Å². The lowest BCUT2D eigenvalue weighted by atomic mass is 10.2. The van der Waals surface area contributed by atoms with Gasteiger partial charge in [0, 0.05) is 19.3 Å². The number of nitrogens with zero attached hydrogens (tertiary/aromatic N) is 2. The number of carboxylic acids is 1. The number of aliphatic hydroxyl groups is 1. The molecule has 0 bridgehead atoms. The Kier molecular flexibility index (Phi) is 4.65. The van der Waals surface area contributed by atoms with Gasteiger partial charge in [0.1, 0.15) is 0 Å². The molecule has 0 atom stereocenters. The molecule has 0 saturated carbocycles. The molecule has 0 radical (unpaired) electrons. The average Bonchev–Trinajstić information content (AvgIpc) is 2.24. The second-order valence-electron chi connectivity index (χ2n) is 3.36. The summed E-state index contributed by atoms with van der Waals surface area (Å²) in [4.78, 5) is 18.6. The summed E-state index contributed by atoms with van der Waals surface area (Å²) in [7, 11) is 0. The Balaban J connectivity index is 2.56. The smallest absolute Gasteiger partial charge is 0.339 e. The van der Waals surface area contributed by atoms with Crippen molar-refractivity contribution in [2.24, 2.45) is 0 Å². The number of hydrogen-bond donors (Lipinski definition) is 3. The summed E-state index contributed by atoms with van der Waals surface area (Å²) in [6, 6.07) is 0. The minimum absolute atomic E-state index is 0.112. The van der Waals surface area contributed by atoms with Gasteiger partial charge in [-0.1, -0.05) is 0 Å². The molecular weight excluding hydrogens is 210 g/mol. The molecule has 0 saturated heterocycles. The maximum atomic E-state index is 10.7. The Morgan fingerprint density at radius 1 is 1.50 bits per heavy atom. The van der Waals surface area contributed by atoms with Crippen molar-refractivity contribution in [3.05, 3.63) is 17.5 Å². The second-order valence-corrected chi connectivity index (χ2v) is 3.36. The van der Waals surface area contributed by atoms with Crippen LogP contribution < -0.4 is 5.32 Å². The van der Waals surface area contributed by atoms with Crippen molar-refractivity contribution in [2.75, 3.05) is 18.5 Å². The highest BCUT2D eigenvalue weighted by Crippen LogP contribution is 2.06. The van der Waals surface area contributed by atoms with E-state index in [1.54, 1.807) is 6.92 Å². The van der Waals surface area contributed by atoms with Crippen molar-refractivity contribution in [3.8, 4) is 0 Å². The molecule has 3 N–H and O–H groups in total. The third-order valence-corrected chi connectivity index (χ3v) is 2.08. The number of carbonyl (C=O) groups is 1. The van der Waals surface area contributed by atoms with Crippen LogP contribution in [0.5, 0.6) is 0 Å². The molecule has 6 nitrogen and oxygen atoms in total. The van der Waals surface area contributed by atoms with E-state index in [-0.39, 0.29) is 12.2 Å². The fourth-order valence-corrected chi connectivity index (χ4v) is 1.20. The molecule has 16 heavy (non-hydrogen) atoms. The van der Waals surface area contributed by atoms with E-state index in [1.807, 2.05) is 0 Å². The molecule has 1 heterocycles. The summed E-state index contributed by atoms with van der Waals surface area (Å²) in [5.74, 6) is -0.607. The van der Waals surface area contributed by atoms with E-state index in [4.69, 9.17) is 10.2 Å². The zero-order valence-corrected chi connectivity index (χ0v) is 9.10. The number of aryl methyl sites for hydroxylation is 1. The molecule has 1 aromatic heterocycles. The lowest BCUT2D eigenvalue weighted by Crippen LogP contribution is -2.09. The van der Waals surface area contributed by atoms with Crippen molar-refractivity contribution in [1.29, 1.82) is 0 Å². The zero-order chi connectivity index (χ0) is 12.0. The molecule has 0 fully saturated rings. The van der Waals surface area contributed by atoms with Crippen LogP contribution in [0.2, 0.25) is 0 Å². The van der Waals surface area contributed by atoms with Gasteiger partial charge < -0.3 is 15.5 Å². The molecule has 0 aliphatic carbocycles. The Bertz CT molecular complexity index is 368. The Hall–Kier alpha value is -1.69. The van der Waals surface area contributed by atoms with E-state index >= 15 is 0 Å². The minimum Gasteiger partial charge on any atom is -0.478 e. The number of hydrogen-bond acceptors (Lipinski definition) is 5. The molecule has 1 aromatic rings. The molecule has 88 valence electrons. The quantitative estimate of drug-likeness (QED) is 0.616. The van der Waals surface area contributed by atoms with E-state index in [9.17, 15) is 4.79 Å². The van der Waals surface area contributed by atoms with Crippen LogP contribution in [0, 0.1) is 6.92 Å². The largest absolute Gasteiger partial charge is 0.478 e. The molecule has 0 spiro atoms. The van der Waals surface area contributed by atoms with Gasteiger partial charge in [-0.05, 0) is 19.8 Å². The third kappa shape index (κ3) is 3.47. The van der Waals surface area contributed by atoms with Gasteiger partial charge in [0.25, 0.3) is 0 Å². The Morgan fingerprint density at radius 3 is 2.81 bits per heavy atom. The molecular formula is C10H15N3O3. The number of nitrogens with one attached hydrogen (secondary N) is 1. The maximum Gasteiger partial charge on any atom is 0.339 e. The summed E-state index contributed by atoms with van der Waals surface area (Å²) < 4.78 is 0. The van der Waals surface area contributed by atoms with Crippen LogP contribution in [0.15, 0.2) is 6.20 Å². The summed E-state index contributed by atoms with van der Waals surface area (Å²) >= 11 is 0. The summed E-state index contributed by atoms with van der Waals surface area (Å²) in [6.07, 6.45) is 2.83. The average molecular weight is 225 g/mol. The lowest BCUT2D eigenvalue weighted by molar-refractivity contribution is 0.0695. The molecule has 6 heteroatoms. The first-order valence-corrected chi connectivity index (χ1v) is 5.07. The molecule has 1 rings (SSSR count). The van der Waals surface area contributed by atoms with E-state index < -0.39 is 5.97 Å². The van der Waals surface area contributed by atoms with Crippen LogP contribution in [0.4, 0.5) is 5.95 Å². The normalized spacial score (nSPS) is 10.1. The second kappa shape index (κ2) is 6.02. The molecule has 0 aliphatic rings. The van der Waals surface area contributed by atoms with Crippen molar-refractivity contribution in [3.63, 3.8) is 0 Å². The zero-order valence-electron chi connectivity index (χ0n) is 9.10. The van der Waals surface area contributed by atoms with E-state index in [1.165, 1.54) is 6.20 Å². The van der Waals surface area contributed by atoms with Gasteiger partial charge >= 0.3 is 5.97 Å². The molecule has 0 amide bonds. The maximum absolute atomic E-state index is 10.7. The number of unbranched alkanes of at least 4 members (excludes halogenated alkanes) is 1. The Morgan fingerprint density at radius 2 is 2.25 bits per heavy atom. The SMILES string of the molecule is Cc1nc(NCCCCO)ncc1C(=O)O. The van der Waals surface area contributed by atoms with Gasteiger partial charge in [-0.25, -0.2) is 14.8 Å². The van der Waals surface area contributed by atoms with Crippen LogP contribution in [0.25, 0.3) is 0 Å². The number of carboxylic acid groups (broad SMARTS) is 1. The predicted molar refractivity (Wildman–Crippen MR) is 58.5 cm³/mol. The van der Waals surface area contributed by atoms with Crippen molar-refractivity contribution in [1.82, 2.24) is 9.97 Å². The number of aromatic nitrogens is 2. The van der Waals surface area contributed by atoms with Crippen LogP contribution in [-0.2, 0) is 0 Å². The number of anilines is 1. The summed E-state index contributed by atoms with van der Waals surface area (Å²) in [6.45, 7) is 2.45. The first-order valence-electron chi connectivity index (χ1n) is 5.07. The third-order valence-electron chi connectivity index (χ3n) is 2.08.